The van der Waals surface area contributed by atoms with Gasteiger partial charge in [-0.2, -0.15) is 0 Å². The molecule has 1 rings (SSSR count). The van der Waals surface area contributed by atoms with Crippen molar-refractivity contribution in [3.63, 3.8) is 0 Å². The minimum atomic E-state index is -0.303. The van der Waals surface area contributed by atoms with Gasteiger partial charge >= 0.3 is 5.97 Å². The zero-order valence-electron chi connectivity index (χ0n) is 8.60. The molecule has 14 heavy (non-hydrogen) atoms. The Morgan fingerprint density at radius 2 is 2.36 bits per heavy atom. The molecule has 1 aromatic heterocycles. The summed E-state index contributed by atoms with van der Waals surface area (Å²) < 4.78 is 6.23. The van der Waals surface area contributed by atoms with Gasteiger partial charge in [0.1, 0.15) is 6.54 Å². The third-order valence-electron chi connectivity index (χ3n) is 1.58. The topological polar surface area (TPSA) is 60.2 Å². The lowest BCUT2D eigenvalue weighted by molar-refractivity contribution is -0.144. The number of nitrogens with zero attached hydrogens (tertiary/aromatic N) is 4. The zero-order valence-corrected chi connectivity index (χ0v) is 8.60. The Bertz CT molecular complexity index is 308. The summed E-state index contributed by atoms with van der Waals surface area (Å²) in [4.78, 5) is 12.9. The number of esters is 1. The minimum absolute atomic E-state index is 0.106. The molecule has 0 amide bonds. The molecule has 0 unspecified atom stereocenters. The van der Waals surface area contributed by atoms with E-state index < -0.39 is 0 Å². The number of carbonyl (C=O) groups excluding carboxylic acids is 1. The summed E-state index contributed by atoms with van der Waals surface area (Å²) in [7, 11) is 3.72. The number of anilines is 1. The molecule has 0 saturated carbocycles. The van der Waals surface area contributed by atoms with E-state index in [1.54, 1.807) is 13.1 Å². The highest BCUT2D eigenvalue weighted by Crippen LogP contribution is 2.03. The molecule has 0 fully saturated rings. The first-order valence-corrected chi connectivity index (χ1v) is 4.36. The highest BCUT2D eigenvalue weighted by molar-refractivity contribution is 5.69. The number of carbonyl (C=O) groups is 1. The van der Waals surface area contributed by atoms with Gasteiger partial charge in [-0.25, -0.2) is 4.68 Å². The molecule has 0 saturated heterocycles. The standard InChI is InChI=1S/C8H14N4O2/c1-4-14-8(13)6-12-5-7(9-10-12)11(2)3/h5H,4,6H2,1-3H3. The predicted octanol–water partition coefficient (Wildman–Crippen LogP) is -0.0928. The maximum atomic E-state index is 11.1. The monoisotopic (exact) mass is 198 g/mol. The number of hydrogen-bond donors (Lipinski definition) is 0. The van der Waals surface area contributed by atoms with Gasteiger partial charge in [-0.05, 0) is 6.92 Å². The molecule has 0 aliphatic carbocycles. The fourth-order valence-electron chi connectivity index (χ4n) is 0.909. The Labute approximate surface area is 82.5 Å². The molecule has 6 nitrogen and oxygen atoms in total. The Balaban J connectivity index is 2.55. The van der Waals surface area contributed by atoms with Gasteiger partial charge in [0.15, 0.2) is 5.82 Å². The van der Waals surface area contributed by atoms with Crippen LogP contribution in [0.25, 0.3) is 0 Å². The van der Waals surface area contributed by atoms with Crippen LogP contribution in [0.4, 0.5) is 5.82 Å². The highest BCUT2D eigenvalue weighted by Gasteiger charge is 2.06. The van der Waals surface area contributed by atoms with Gasteiger partial charge in [0, 0.05) is 14.1 Å². The van der Waals surface area contributed by atoms with E-state index in [4.69, 9.17) is 4.74 Å². The molecule has 1 aromatic rings. The van der Waals surface area contributed by atoms with Crippen molar-refractivity contribution in [2.24, 2.45) is 0 Å². The second-order valence-electron chi connectivity index (χ2n) is 2.97. The lowest BCUT2D eigenvalue weighted by Crippen LogP contribution is -2.14. The number of ether oxygens (including phenoxy) is 1. The van der Waals surface area contributed by atoms with Crippen molar-refractivity contribution in [2.45, 2.75) is 13.5 Å². The maximum absolute atomic E-state index is 11.1. The predicted molar refractivity (Wildman–Crippen MR) is 51.0 cm³/mol. The second-order valence-corrected chi connectivity index (χ2v) is 2.97. The summed E-state index contributed by atoms with van der Waals surface area (Å²) in [6.45, 7) is 2.26. The van der Waals surface area contributed by atoms with Crippen LogP contribution in [0.3, 0.4) is 0 Å². The molecule has 0 aliphatic rings. The number of hydrogen-bond acceptors (Lipinski definition) is 5. The van der Waals surface area contributed by atoms with E-state index in [2.05, 4.69) is 10.3 Å². The molecule has 1 heterocycles. The maximum Gasteiger partial charge on any atom is 0.327 e. The summed E-state index contributed by atoms with van der Waals surface area (Å²) in [5.41, 5.74) is 0. The second kappa shape index (κ2) is 4.59. The first kappa shape index (κ1) is 10.5. The molecule has 0 atom stereocenters. The summed E-state index contributed by atoms with van der Waals surface area (Å²) in [6.07, 6.45) is 1.69. The van der Waals surface area contributed by atoms with Gasteiger partial charge < -0.3 is 9.64 Å². The normalized spacial score (nSPS) is 9.93. The first-order chi connectivity index (χ1) is 6.63. The Morgan fingerprint density at radius 3 is 2.86 bits per heavy atom. The molecule has 0 spiro atoms. The van der Waals surface area contributed by atoms with Gasteiger partial charge in [0.25, 0.3) is 0 Å². The van der Waals surface area contributed by atoms with E-state index in [0.29, 0.717) is 12.4 Å². The zero-order chi connectivity index (χ0) is 10.6. The van der Waals surface area contributed by atoms with Crippen LogP contribution < -0.4 is 4.90 Å². The smallest absolute Gasteiger partial charge is 0.327 e. The van der Waals surface area contributed by atoms with Gasteiger partial charge in [-0.15, -0.1) is 5.10 Å². The van der Waals surface area contributed by atoms with Gasteiger partial charge in [0.05, 0.1) is 12.8 Å². The average molecular weight is 198 g/mol. The molecular weight excluding hydrogens is 184 g/mol. The molecule has 78 valence electrons. The quantitative estimate of drug-likeness (QED) is 0.633. The van der Waals surface area contributed by atoms with Crippen LogP contribution in [-0.2, 0) is 16.1 Å². The van der Waals surface area contributed by atoms with Crippen molar-refractivity contribution < 1.29 is 9.53 Å². The lowest BCUT2D eigenvalue weighted by atomic mass is 10.6. The summed E-state index contributed by atoms with van der Waals surface area (Å²) in [5, 5.41) is 7.64. The SMILES string of the molecule is CCOC(=O)Cn1cc(N(C)C)nn1. The third kappa shape index (κ3) is 2.72. The molecule has 0 aliphatic heterocycles. The molecule has 6 heteroatoms. The van der Waals surface area contributed by atoms with Gasteiger partial charge in [-0.3, -0.25) is 4.79 Å². The van der Waals surface area contributed by atoms with Crippen molar-refractivity contribution in [3.8, 4) is 0 Å². The largest absolute Gasteiger partial charge is 0.465 e. The van der Waals surface area contributed by atoms with Gasteiger partial charge in [-0.1, -0.05) is 5.21 Å². The molecule has 0 bridgehead atoms. The van der Waals surface area contributed by atoms with E-state index in [1.165, 1.54) is 4.68 Å². The van der Waals surface area contributed by atoms with Gasteiger partial charge in [0.2, 0.25) is 0 Å². The van der Waals surface area contributed by atoms with Crippen LogP contribution in [0.15, 0.2) is 6.20 Å². The molecular formula is C8H14N4O2. The van der Waals surface area contributed by atoms with Crippen molar-refractivity contribution in [2.75, 3.05) is 25.6 Å². The third-order valence-corrected chi connectivity index (χ3v) is 1.58. The van der Waals surface area contributed by atoms with Crippen LogP contribution in [0, 0.1) is 0 Å². The highest BCUT2D eigenvalue weighted by atomic mass is 16.5. The van der Waals surface area contributed by atoms with Crippen molar-refractivity contribution in [1.82, 2.24) is 15.0 Å². The van der Waals surface area contributed by atoms with Crippen LogP contribution in [0.1, 0.15) is 6.92 Å². The Hall–Kier alpha value is -1.59. The van der Waals surface area contributed by atoms with E-state index in [1.807, 2.05) is 19.0 Å². The average Bonchev–Trinajstić information content (AvgIpc) is 2.53. The van der Waals surface area contributed by atoms with Crippen molar-refractivity contribution in [3.05, 3.63) is 6.20 Å². The summed E-state index contributed by atoms with van der Waals surface area (Å²) in [5.74, 6) is 0.414. The van der Waals surface area contributed by atoms with E-state index >= 15 is 0 Å². The van der Waals surface area contributed by atoms with E-state index in [-0.39, 0.29) is 12.5 Å². The lowest BCUT2D eigenvalue weighted by Gasteiger charge is -2.04. The van der Waals surface area contributed by atoms with Crippen LogP contribution in [0.5, 0.6) is 0 Å². The van der Waals surface area contributed by atoms with Crippen molar-refractivity contribution in [1.29, 1.82) is 0 Å². The first-order valence-electron chi connectivity index (χ1n) is 4.36. The fourth-order valence-corrected chi connectivity index (χ4v) is 0.909. The number of aromatic nitrogens is 3. The van der Waals surface area contributed by atoms with E-state index in [9.17, 15) is 4.79 Å². The molecule has 0 radical (unpaired) electrons. The minimum Gasteiger partial charge on any atom is -0.465 e. The van der Waals surface area contributed by atoms with Crippen LogP contribution in [0.2, 0.25) is 0 Å². The van der Waals surface area contributed by atoms with Crippen LogP contribution in [-0.4, -0.2) is 41.7 Å². The summed E-state index contributed by atoms with van der Waals surface area (Å²) >= 11 is 0. The van der Waals surface area contributed by atoms with Crippen LogP contribution >= 0.6 is 0 Å². The fraction of sp³-hybridized carbons (Fsp3) is 0.625. The summed E-state index contributed by atoms with van der Waals surface area (Å²) in [6, 6.07) is 0. The number of rotatable bonds is 4. The molecule has 0 N–H and O–H groups in total. The molecule has 0 aromatic carbocycles. The van der Waals surface area contributed by atoms with E-state index in [0.717, 1.165) is 0 Å². The Kier molecular flexibility index (Phi) is 3.44. The Morgan fingerprint density at radius 1 is 1.64 bits per heavy atom. The van der Waals surface area contributed by atoms with Crippen molar-refractivity contribution >= 4 is 11.8 Å².